The molecular weight excluding hydrogens is 348 g/mol. The van der Waals surface area contributed by atoms with E-state index in [1.54, 1.807) is 18.6 Å². The topological polar surface area (TPSA) is 49.3 Å². The van der Waals surface area contributed by atoms with Gasteiger partial charge in [-0.25, -0.2) is 4.98 Å². The van der Waals surface area contributed by atoms with E-state index in [9.17, 15) is 4.79 Å². The van der Waals surface area contributed by atoms with Crippen LogP contribution in [0.1, 0.15) is 25.7 Å². The standard InChI is InChI=1S/C20H23ClN4O/c21-17-3-5-18(6-4-17)25(14-15-1-2-15)20(26)16-7-11-24(12-8-16)19-13-22-9-10-23-19/h3-6,9-10,13,15-16H,1-2,7-8,11-12,14H2. The van der Waals surface area contributed by atoms with Gasteiger partial charge in [0, 0.05) is 48.7 Å². The Hall–Kier alpha value is -2.14. The number of nitrogens with zero attached hydrogens (tertiary/aromatic N) is 4. The zero-order chi connectivity index (χ0) is 17.9. The summed E-state index contributed by atoms with van der Waals surface area (Å²) in [7, 11) is 0. The fourth-order valence-corrected chi connectivity index (χ4v) is 3.66. The van der Waals surface area contributed by atoms with E-state index in [1.807, 2.05) is 29.2 Å². The molecule has 4 rings (SSSR count). The maximum absolute atomic E-state index is 13.2. The van der Waals surface area contributed by atoms with E-state index in [0.717, 1.165) is 44.0 Å². The van der Waals surface area contributed by atoms with Crippen molar-refractivity contribution in [2.24, 2.45) is 11.8 Å². The van der Waals surface area contributed by atoms with Crippen LogP contribution < -0.4 is 9.80 Å². The predicted octanol–water partition coefficient (Wildman–Crippen LogP) is 3.79. The quantitative estimate of drug-likeness (QED) is 0.803. The highest BCUT2D eigenvalue weighted by Crippen LogP contribution is 2.33. The van der Waals surface area contributed by atoms with Crippen molar-refractivity contribution in [3.63, 3.8) is 0 Å². The average Bonchev–Trinajstić information content (AvgIpc) is 3.52. The van der Waals surface area contributed by atoms with E-state index in [4.69, 9.17) is 11.6 Å². The van der Waals surface area contributed by atoms with E-state index >= 15 is 0 Å². The van der Waals surface area contributed by atoms with Crippen molar-refractivity contribution in [1.29, 1.82) is 0 Å². The van der Waals surface area contributed by atoms with Crippen molar-refractivity contribution in [2.45, 2.75) is 25.7 Å². The number of aromatic nitrogens is 2. The first-order valence-corrected chi connectivity index (χ1v) is 9.66. The first-order valence-electron chi connectivity index (χ1n) is 9.28. The highest BCUT2D eigenvalue weighted by Gasteiger charge is 2.33. The van der Waals surface area contributed by atoms with Gasteiger partial charge in [0.15, 0.2) is 0 Å². The second-order valence-corrected chi connectivity index (χ2v) is 7.63. The Kier molecular flexibility index (Phi) is 5.07. The molecule has 0 N–H and O–H groups in total. The number of hydrogen-bond acceptors (Lipinski definition) is 4. The lowest BCUT2D eigenvalue weighted by Crippen LogP contribution is -2.43. The Morgan fingerprint density at radius 3 is 2.46 bits per heavy atom. The van der Waals surface area contributed by atoms with Crippen molar-refractivity contribution >= 4 is 29.0 Å². The number of hydrogen-bond donors (Lipinski definition) is 0. The molecule has 0 unspecified atom stereocenters. The van der Waals surface area contributed by atoms with Crippen LogP contribution in [0.4, 0.5) is 11.5 Å². The Morgan fingerprint density at radius 1 is 1.12 bits per heavy atom. The number of benzene rings is 1. The van der Waals surface area contributed by atoms with Gasteiger partial charge >= 0.3 is 0 Å². The molecule has 136 valence electrons. The minimum Gasteiger partial charge on any atom is -0.355 e. The van der Waals surface area contributed by atoms with Crippen LogP contribution in [0.2, 0.25) is 5.02 Å². The minimum absolute atomic E-state index is 0.0670. The molecule has 2 aromatic rings. The third kappa shape index (κ3) is 3.98. The van der Waals surface area contributed by atoms with Gasteiger partial charge in [-0.05, 0) is 55.9 Å². The SMILES string of the molecule is O=C(C1CCN(c2cnccn2)CC1)N(CC1CC1)c1ccc(Cl)cc1. The van der Waals surface area contributed by atoms with E-state index in [0.29, 0.717) is 10.9 Å². The molecular formula is C20H23ClN4O. The van der Waals surface area contributed by atoms with E-state index < -0.39 is 0 Å². The molecule has 26 heavy (non-hydrogen) atoms. The number of piperidine rings is 1. The van der Waals surface area contributed by atoms with Crippen molar-refractivity contribution in [1.82, 2.24) is 9.97 Å². The summed E-state index contributed by atoms with van der Waals surface area (Å²) < 4.78 is 0. The van der Waals surface area contributed by atoms with Gasteiger partial charge in [0.25, 0.3) is 0 Å². The van der Waals surface area contributed by atoms with E-state index in [-0.39, 0.29) is 11.8 Å². The fraction of sp³-hybridized carbons (Fsp3) is 0.450. The lowest BCUT2D eigenvalue weighted by Gasteiger charge is -2.34. The summed E-state index contributed by atoms with van der Waals surface area (Å²) in [5.74, 6) is 1.86. The molecule has 5 nitrogen and oxygen atoms in total. The summed E-state index contributed by atoms with van der Waals surface area (Å²) in [6.07, 6.45) is 9.33. The molecule has 2 fully saturated rings. The Labute approximate surface area is 159 Å². The summed E-state index contributed by atoms with van der Waals surface area (Å²) in [5, 5.41) is 0.699. The number of carbonyl (C=O) groups excluding carboxylic acids is 1. The van der Waals surface area contributed by atoms with Gasteiger partial charge < -0.3 is 9.80 Å². The predicted molar refractivity (Wildman–Crippen MR) is 103 cm³/mol. The molecule has 2 heterocycles. The second kappa shape index (κ2) is 7.62. The summed E-state index contributed by atoms with van der Waals surface area (Å²) in [6, 6.07) is 7.64. The third-order valence-corrected chi connectivity index (χ3v) is 5.51. The van der Waals surface area contributed by atoms with E-state index in [2.05, 4.69) is 14.9 Å². The molecule has 0 spiro atoms. The molecule has 1 aliphatic heterocycles. The zero-order valence-electron chi connectivity index (χ0n) is 14.7. The second-order valence-electron chi connectivity index (χ2n) is 7.19. The molecule has 0 bridgehead atoms. The largest absolute Gasteiger partial charge is 0.355 e. The maximum Gasteiger partial charge on any atom is 0.230 e. The Morgan fingerprint density at radius 2 is 1.85 bits per heavy atom. The molecule has 1 aromatic carbocycles. The van der Waals surface area contributed by atoms with Gasteiger partial charge in [0.2, 0.25) is 5.91 Å². The van der Waals surface area contributed by atoms with Gasteiger partial charge in [0.05, 0.1) is 6.20 Å². The van der Waals surface area contributed by atoms with Gasteiger partial charge in [-0.3, -0.25) is 9.78 Å². The minimum atomic E-state index is 0.0670. The molecule has 1 aromatic heterocycles. The van der Waals surface area contributed by atoms with Crippen LogP contribution in [0.3, 0.4) is 0 Å². The van der Waals surface area contributed by atoms with Crippen molar-refractivity contribution < 1.29 is 4.79 Å². The first kappa shape index (κ1) is 17.3. The highest BCUT2D eigenvalue weighted by atomic mass is 35.5. The molecule has 1 saturated heterocycles. The number of amides is 1. The highest BCUT2D eigenvalue weighted by molar-refractivity contribution is 6.30. The van der Waals surface area contributed by atoms with Crippen LogP contribution in [0.5, 0.6) is 0 Å². The lowest BCUT2D eigenvalue weighted by molar-refractivity contribution is -0.123. The van der Waals surface area contributed by atoms with E-state index in [1.165, 1.54) is 12.8 Å². The van der Waals surface area contributed by atoms with Crippen molar-refractivity contribution in [3.05, 3.63) is 47.9 Å². The molecule has 2 aliphatic rings. The summed E-state index contributed by atoms with van der Waals surface area (Å²) in [4.78, 5) is 25.9. The van der Waals surface area contributed by atoms with Gasteiger partial charge in [-0.2, -0.15) is 0 Å². The van der Waals surface area contributed by atoms with Crippen LogP contribution in [-0.2, 0) is 4.79 Å². The number of halogens is 1. The summed E-state index contributed by atoms with van der Waals surface area (Å²) >= 11 is 6.02. The van der Waals surface area contributed by atoms with Crippen LogP contribution >= 0.6 is 11.6 Å². The monoisotopic (exact) mass is 370 g/mol. The van der Waals surface area contributed by atoms with Crippen LogP contribution in [-0.4, -0.2) is 35.5 Å². The lowest BCUT2D eigenvalue weighted by atomic mass is 9.94. The third-order valence-electron chi connectivity index (χ3n) is 5.26. The number of carbonyl (C=O) groups is 1. The van der Waals surface area contributed by atoms with Crippen LogP contribution in [0, 0.1) is 11.8 Å². The average molecular weight is 371 g/mol. The van der Waals surface area contributed by atoms with Crippen LogP contribution in [0.25, 0.3) is 0 Å². The summed E-state index contributed by atoms with van der Waals surface area (Å²) in [5.41, 5.74) is 0.961. The van der Waals surface area contributed by atoms with Gasteiger partial charge in [-0.15, -0.1) is 0 Å². The molecule has 0 atom stereocenters. The van der Waals surface area contributed by atoms with Gasteiger partial charge in [0.1, 0.15) is 5.82 Å². The Balaban J connectivity index is 1.44. The number of rotatable bonds is 5. The van der Waals surface area contributed by atoms with Crippen molar-refractivity contribution in [3.8, 4) is 0 Å². The fourth-order valence-electron chi connectivity index (χ4n) is 3.53. The molecule has 1 amide bonds. The van der Waals surface area contributed by atoms with Gasteiger partial charge in [-0.1, -0.05) is 11.6 Å². The molecule has 0 radical (unpaired) electrons. The first-order chi connectivity index (χ1) is 12.7. The summed E-state index contributed by atoms with van der Waals surface area (Å²) in [6.45, 7) is 2.50. The van der Waals surface area contributed by atoms with Crippen LogP contribution in [0.15, 0.2) is 42.9 Å². The maximum atomic E-state index is 13.2. The molecule has 1 saturated carbocycles. The normalized spacial score (nSPS) is 18.0. The molecule has 1 aliphatic carbocycles. The number of anilines is 2. The van der Waals surface area contributed by atoms with Crippen molar-refractivity contribution in [2.75, 3.05) is 29.4 Å². The molecule has 6 heteroatoms. The smallest absolute Gasteiger partial charge is 0.230 e. The Bertz CT molecular complexity index is 740. The zero-order valence-corrected chi connectivity index (χ0v) is 15.5.